The van der Waals surface area contributed by atoms with Gasteiger partial charge in [0.2, 0.25) is 0 Å². The Morgan fingerprint density at radius 2 is 1.52 bits per heavy atom. The Balaban J connectivity index is 0.000000164. The molecule has 7 nitrogen and oxygen atoms in total. The van der Waals surface area contributed by atoms with Crippen molar-refractivity contribution in [1.82, 2.24) is 30.2 Å². The molecule has 0 bridgehead atoms. The molecule has 1 aromatic rings. The lowest BCUT2D eigenvalue weighted by molar-refractivity contribution is 0.0943. The van der Waals surface area contributed by atoms with Crippen LogP contribution in [0, 0.1) is 0 Å². The van der Waals surface area contributed by atoms with Crippen LogP contribution >= 0.6 is 6.49 Å². The lowest BCUT2D eigenvalue weighted by atomic mass is 10.1. The minimum absolute atomic E-state index is 0.0249. The lowest BCUT2D eigenvalue weighted by Crippen LogP contribution is -2.30. The molecule has 3 saturated heterocycles. The van der Waals surface area contributed by atoms with E-state index in [0.29, 0.717) is 5.56 Å². The zero-order valence-electron chi connectivity index (χ0n) is 16.4. The Labute approximate surface area is 167 Å². The quantitative estimate of drug-likeness (QED) is 0.338. The topological polar surface area (TPSA) is 62.2 Å². The minimum Gasteiger partial charge on any atom is -0.350 e. The molecule has 3 heterocycles. The maximum absolute atomic E-state index is 11.6. The van der Waals surface area contributed by atoms with Gasteiger partial charge >= 0.3 is 0 Å². The summed E-state index contributed by atoms with van der Waals surface area (Å²) in [6.45, 7) is 10.9. The van der Waals surface area contributed by atoms with Crippen molar-refractivity contribution in [2.45, 2.75) is 26.4 Å². The fourth-order valence-electron chi connectivity index (χ4n) is 2.76. The summed E-state index contributed by atoms with van der Waals surface area (Å²) in [7, 11) is 1.82. The summed E-state index contributed by atoms with van der Waals surface area (Å²) < 4.78 is 7.47. The molecule has 0 atom stereocenters. The van der Waals surface area contributed by atoms with Gasteiger partial charge in [-0.1, -0.05) is 12.1 Å². The highest BCUT2D eigenvalue weighted by molar-refractivity contribution is 8.11. The molecule has 3 N–H and O–H groups in total. The second-order valence-electron chi connectivity index (χ2n) is 7.30. The van der Waals surface area contributed by atoms with Gasteiger partial charge in [-0.2, -0.15) is 0 Å². The summed E-state index contributed by atoms with van der Waals surface area (Å²) in [5.41, 5.74) is 7.68. The van der Waals surface area contributed by atoms with Crippen LogP contribution in [-0.4, -0.2) is 72.3 Å². The Morgan fingerprint density at radius 3 is 1.89 bits per heavy atom. The van der Waals surface area contributed by atoms with E-state index in [1.165, 1.54) is 39.3 Å². The molecule has 0 unspecified atom stereocenters. The second-order valence-corrected chi connectivity index (χ2v) is 11.5. The standard InChI is InChI=1S/C12H19N3O.C6H12N3PS/c1-9(2)15-12(16)11-6-4-10(5-7-11)8-14-13-3;11-10(7-1-2-7,8-3-4-8)9-5-6-9/h4-7,9,13-14H,8H2,1-3H3,(H,15,16);1-6H2. The molecular formula is C18H31N6OPS. The maximum atomic E-state index is 11.6. The van der Waals surface area contributed by atoms with Crippen LogP contribution in [-0.2, 0) is 18.4 Å². The third-order valence-electron chi connectivity index (χ3n) is 4.48. The van der Waals surface area contributed by atoms with Crippen LogP contribution in [0.4, 0.5) is 0 Å². The van der Waals surface area contributed by atoms with E-state index >= 15 is 0 Å². The van der Waals surface area contributed by atoms with Crippen LogP contribution < -0.4 is 16.2 Å². The van der Waals surface area contributed by atoms with Crippen molar-refractivity contribution in [3.05, 3.63) is 35.4 Å². The summed E-state index contributed by atoms with van der Waals surface area (Å²) in [4.78, 5) is 11.6. The Hall–Kier alpha value is -0.860. The van der Waals surface area contributed by atoms with E-state index in [2.05, 4.69) is 30.2 Å². The molecular weight excluding hydrogens is 379 g/mol. The van der Waals surface area contributed by atoms with Crippen LogP contribution in [0.3, 0.4) is 0 Å². The number of hydrogen-bond donors (Lipinski definition) is 3. The SMILES string of the molecule is CNNCc1ccc(C(=O)NC(C)C)cc1.S=P(N1CC1)(N1CC1)N1CC1. The van der Waals surface area contributed by atoms with Crippen molar-refractivity contribution >= 4 is 24.2 Å². The largest absolute Gasteiger partial charge is 0.350 e. The Bertz CT molecular complexity index is 648. The third-order valence-corrected chi connectivity index (χ3v) is 9.97. The molecule has 0 aliphatic carbocycles. The number of rotatable bonds is 8. The highest BCUT2D eigenvalue weighted by atomic mass is 32.4. The minimum atomic E-state index is -1.27. The zero-order chi connectivity index (χ0) is 19.4. The number of carbonyl (C=O) groups is 1. The van der Waals surface area contributed by atoms with Crippen molar-refractivity contribution in [3.8, 4) is 0 Å². The van der Waals surface area contributed by atoms with E-state index < -0.39 is 6.49 Å². The zero-order valence-corrected chi connectivity index (χ0v) is 18.2. The van der Waals surface area contributed by atoms with E-state index in [1.54, 1.807) is 0 Å². The molecule has 1 aromatic carbocycles. The van der Waals surface area contributed by atoms with Crippen LogP contribution in [0.15, 0.2) is 24.3 Å². The van der Waals surface area contributed by atoms with Gasteiger partial charge < -0.3 is 5.32 Å². The van der Waals surface area contributed by atoms with Crippen molar-refractivity contribution in [2.75, 3.05) is 46.3 Å². The van der Waals surface area contributed by atoms with Crippen LogP contribution in [0.25, 0.3) is 0 Å². The summed E-state index contributed by atoms with van der Waals surface area (Å²) in [5.74, 6) is -0.0249. The number of hydrazine groups is 1. The molecule has 0 spiro atoms. The van der Waals surface area contributed by atoms with Crippen molar-refractivity contribution in [3.63, 3.8) is 0 Å². The first-order chi connectivity index (χ1) is 12.9. The number of benzene rings is 1. The highest BCUT2D eigenvalue weighted by Gasteiger charge is 2.50. The first-order valence-corrected chi connectivity index (χ1v) is 12.3. The van der Waals surface area contributed by atoms with Gasteiger partial charge in [-0.3, -0.25) is 15.6 Å². The molecule has 27 heavy (non-hydrogen) atoms. The van der Waals surface area contributed by atoms with Gasteiger partial charge in [0, 0.05) is 57.4 Å². The lowest BCUT2D eigenvalue weighted by Gasteiger charge is -2.25. The number of nitrogens with zero attached hydrogens (tertiary/aromatic N) is 3. The molecule has 0 radical (unpaired) electrons. The van der Waals surface area contributed by atoms with Crippen molar-refractivity contribution in [1.29, 1.82) is 0 Å². The fourth-order valence-corrected chi connectivity index (χ4v) is 7.14. The number of nitrogens with one attached hydrogen (secondary N) is 3. The summed E-state index contributed by atoms with van der Waals surface area (Å²) in [6, 6.07) is 7.73. The molecule has 4 rings (SSSR count). The molecule has 3 fully saturated rings. The van der Waals surface area contributed by atoms with Crippen LogP contribution in [0.2, 0.25) is 0 Å². The van der Waals surface area contributed by atoms with Gasteiger partial charge in [-0.15, -0.1) is 0 Å². The fraction of sp³-hybridized carbons (Fsp3) is 0.611. The average Bonchev–Trinajstić information content (AvgIpc) is 3.53. The van der Waals surface area contributed by atoms with Gasteiger partial charge in [-0.25, -0.2) is 14.0 Å². The van der Waals surface area contributed by atoms with Crippen LogP contribution in [0.5, 0.6) is 0 Å². The molecule has 0 aromatic heterocycles. The molecule has 3 aliphatic rings. The molecule has 1 amide bonds. The van der Waals surface area contributed by atoms with Gasteiger partial charge in [0.1, 0.15) is 6.49 Å². The maximum Gasteiger partial charge on any atom is 0.251 e. The highest BCUT2D eigenvalue weighted by Crippen LogP contribution is 2.65. The number of carbonyl (C=O) groups excluding carboxylic acids is 1. The van der Waals surface area contributed by atoms with E-state index in [1.807, 2.05) is 45.2 Å². The molecule has 150 valence electrons. The summed E-state index contributed by atoms with van der Waals surface area (Å²) in [6.07, 6.45) is 0. The monoisotopic (exact) mass is 410 g/mol. The smallest absolute Gasteiger partial charge is 0.251 e. The van der Waals surface area contributed by atoms with Gasteiger partial charge in [0.25, 0.3) is 5.91 Å². The molecule has 3 aliphatic heterocycles. The predicted octanol–water partition coefficient (Wildman–Crippen LogP) is 1.21. The third kappa shape index (κ3) is 5.81. The van der Waals surface area contributed by atoms with E-state index in [9.17, 15) is 4.79 Å². The van der Waals surface area contributed by atoms with E-state index in [4.69, 9.17) is 11.8 Å². The molecule has 9 heteroatoms. The van der Waals surface area contributed by atoms with Crippen molar-refractivity contribution in [2.24, 2.45) is 0 Å². The summed E-state index contributed by atoms with van der Waals surface area (Å²) in [5, 5.41) is 2.85. The Morgan fingerprint density at radius 1 is 1.04 bits per heavy atom. The van der Waals surface area contributed by atoms with Crippen molar-refractivity contribution < 1.29 is 4.79 Å². The van der Waals surface area contributed by atoms with E-state index in [-0.39, 0.29) is 11.9 Å². The second kappa shape index (κ2) is 9.09. The summed E-state index contributed by atoms with van der Waals surface area (Å²) >= 11 is 5.75. The van der Waals surface area contributed by atoms with Gasteiger partial charge in [0.15, 0.2) is 0 Å². The normalized spacial score (nSPS) is 19.4. The van der Waals surface area contributed by atoms with Crippen LogP contribution in [0.1, 0.15) is 29.8 Å². The average molecular weight is 411 g/mol. The predicted molar refractivity (Wildman–Crippen MR) is 114 cm³/mol. The van der Waals surface area contributed by atoms with E-state index in [0.717, 1.165) is 12.1 Å². The number of hydrogen-bond acceptors (Lipinski definition) is 4. The number of amides is 1. The van der Waals surface area contributed by atoms with Gasteiger partial charge in [0.05, 0.1) is 0 Å². The Kier molecular flexibility index (Phi) is 7.03. The molecule has 0 saturated carbocycles. The first-order valence-electron chi connectivity index (χ1n) is 9.61. The van der Waals surface area contributed by atoms with Gasteiger partial charge in [-0.05, 0) is 50.4 Å². The first kappa shape index (κ1) is 20.9.